The largest absolute Gasteiger partial charge is 0.382 e. The van der Waals surface area contributed by atoms with Crippen molar-refractivity contribution in [3.63, 3.8) is 0 Å². The molecule has 1 saturated carbocycles. The average molecular weight is 292 g/mol. The van der Waals surface area contributed by atoms with Gasteiger partial charge in [-0.25, -0.2) is 9.97 Å². The lowest BCUT2D eigenvalue weighted by Gasteiger charge is -2.04. The van der Waals surface area contributed by atoms with E-state index in [2.05, 4.69) is 20.6 Å². The number of rotatable bonds is 6. The van der Waals surface area contributed by atoms with Crippen LogP contribution < -0.4 is 16.4 Å². The molecular formula is C12H16N6OS. The van der Waals surface area contributed by atoms with Crippen molar-refractivity contribution in [2.75, 3.05) is 17.6 Å². The molecule has 0 unspecified atom stereocenters. The lowest BCUT2D eigenvalue weighted by molar-refractivity contribution is 0.0957. The number of aromatic nitrogens is 3. The maximum absolute atomic E-state index is 12.0. The minimum atomic E-state index is -0.177. The Balaban J connectivity index is 1.54. The first-order valence-electron chi connectivity index (χ1n) is 6.49. The molecule has 3 rings (SSSR count). The van der Waals surface area contributed by atoms with E-state index in [4.69, 9.17) is 5.73 Å². The smallest absolute Gasteiger partial charge is 0.265 e. The highest BCUT2D eigenvalue weighted by atomic mass is 32.1. The van der Waals surface area contributed by atoms with Crippen molar-refractivity contribution < 1.29 is 4.79 Å². The predicted octanol–water partition coefficient (Wildman–Crippen LogP) is 0.926. The molecule has 20 heavy (non-hydrogen) atoms. The van der Waals surface area contributed by atoms with Gasteiger partial charge in [0.05, 0.1) is 6.33 Å². The Kier molecular flexibility index (Phi) is 3.55. The fraction of sp³-hybridized carbons (Fsp3) is 0.417. The molecule has 1 fully saturated rings. The van der Waals surface area contributed by atoms with Gasteiger partial charge in [0.2, 0.25) is 0 Å². The zero-order valence-corrected chi connectivity index (χ0v) is 11.7. The number of amides is 1. The molecule has 2 aromatic rings. The standard InChI is InChI=1S/C12H16N6OS/c13-10-9(20-12(17-10)16-8-1-2-8)11(19)15-4-6-18-5-3-14-7-18/h3,5,7-8H,1-2,4,6,13H2,(H,15,19)(H,16,17). The van der Waals surface area contributed by atoms with Gasteiger partial charge in [0, 0.05) is 31.5 Å². The van der Waals surface area contributed by atoms with Crippen molar-refractivity contribution in [2.45, 2.75) is 25.4 Å². The van der Waals surface area contributed by atoms with Crippen molar-refractivity contribution in [3.8, 4) is 0 Å². The van der Waals surface area contributed by atoms with Crippen molar-refractivity contribution >= 4 is 28.2 Å². The predicted molar refractivity (Wildman–Crippen MR) is 77.7 cm³/mol. The lowest BCUT2D eigenvalue weighted by atomic mass is 10.4. The van der Waals surface area contributed by atoms with Gasteiger partial charge < -0.3 is 20.9 Å². The number of nitrogens with zero attached hydrogens (tertiary/aromatic N) is 3. The number of carbonyl (C=O) groups excluding carboxylic acids is 1. The third-order valence-corrected chi connectivity index (χ3v) is 3.98. The zero-order valence-electron chi connectivity index (χ0n) is 10.9. The molecular weight excluding hydrogens is 276 g/mol. The van der Waals surface area contributed by atoms with E-state index in [0.29, 0.717) is 29.8 Å². The minimum Gasteiger partial charge on any atom is -0.382 e. The van der Waals surface area contributed by atoms with Crippen LogP contribution in [-0.2, 0) is 6.54 Å². The van der Waals surface area contributed by atoms with Crippen molar-refractivity contribution in [1.82, 2.24) is 19.9 Å². The Hall–Kier alpha value is -2.09. The van der Waals surface area contributed by atoms with Gasteiger partial charge >= 0.3 is 0 Å². The fourth-order valence-electron chi connectivity index (χ4n) is 1.76. The maximum atomic E-state index is 12.0. The van der Waals surface area contributed by atoms with E-state index >= 15 is 0 Å². The number of carbonyl (C=O) groups is 1. The Morgan fingerprint density at radius 2 is 2.40 bits per heavy atom. The Labute approximate surface area is 120 Å². The highest BCUT2D eigenvalue weighted by Gasteiger charge is 2.24. The summed E-state index contributed by atoms with van der Waals surface area (Å²) < 4.78 is 1.90. The van der Waals surface area contributed by atoms with Crippen LogP contribution in [0.2, 0.25) is 0 Å². The number of nitrogens with two attached hydrogens (primary N) is 1. The molecule has 0 spiro atoms. The SMILES string of the molecule is Nc1nc(NC2CC2)sc1C(=O)NCCn1ccnc1. The summed E-state index contributed by atoms with van der Waals surface area (Å²) in [7, 11) is 0. The van der Waals surface area contributed by atoms with E-state index < -0.39 is 0 Å². The number of hydrogen-bond acceptors (Lipinski definition) is 6. The van der Waals surface area contributed by atoms with Gasteiger partial charge in [0.25, 0.3) is 5.91 Å². The van der Waals surface area contributed by atoms with Crippen LogP contribution >= 0.6 is 11.3 Å². The highest BCUT2D eigenvalue weighted by Crippen LogP contribution is 2.30. The number of hydrogen-bond donors (Lipinski definition) is 3. The molecule has 0 aromatic carbocycles. The summed E-state index contributed by atoms with van der Waals surface area (Å²) in [6.07, 6.45) is 7.59. The third kappa shape index (κ3) is 3.08. The molecule has 4 N–H and O–H groups in total. The average Bonchev–Trinajstić information content (AvgIpc) is 2.94. The summed E-state index contributed by atoms with van der Waals surface area (Å²) in [6, 6.07) is 0.498. The highest BCUT2D eigenvalue weighted by molar-refractivity contribution is 7.18. The topological polar surface area (TPSA) is 97.9 Å². The number of nitrogen functional groups attached to an aromatic ring is 1. The first-order valence-corrected chi connectivity index (χ1v) is 7.31. The molecule has 106 valence electrons. The van der Waals surface area contributed by atoms with Crippen LogP contribution in [0.15, 0.2) is 18.7 Å². The van der Waals surface area contributed by atoms with E-state index in [1.807, 2.05) is 10.8 Å². The van der Waals surface area contributed by atoms with Crippen LogP contribution in [0.5, 0.6) is 0 Å². The first kappa shape index (κ1) is 12.9. The van der Waals surface area contributed by atoms with Crippen LogP contribution in [0.25, 0.3) is 0 Å². The Bertz CT molecular complexity index is 589. The third-order valence-electron chi connectivity index (χ3n) is 2.98. The van der Waals surface area contributed by atoms with E-state index in [0.717, 1.165) is 18.0 Å². The number of anilines is 2. The van der Waals surface area contributed by atoms with Gasteiger partial charge in [-0.3, -0.25) is 4.79 Å². The molecule has 0 atom stereocenters. The Morgan fingerprint density at radius 1 is 1.55 bits per heavy atom. The monoisotopic (exact) mass is 292 g/mol. The zero-order chi connectivity index (χ0) is 13.9. The quantitative estimate of drug-likeness (QED) is 0.735. The molecule has 1 aliphatic rings. The van der Waals surface area contributed by atoms with Crippen molar-refractivity contribution in [2.24, 2.45) is 0 Å². The number of imidazole rings is 1. The second-order valence-corrected chi connectivity index (χ2v) is 5.71. The van der Waals surface area contributed by atoms with Crippen LogP contribution in [0.3, 0.4) is 0 Å². The van der Waals surface area contributed by atoms with Gasteiger partial charge in [-0.15, -0.1) is 0 Å². The minimum absolute atomic E-state index is 0.177. The maximum Gasteiger partial charge on any atom is 0.265 e. The van der Waals surface area contributed by atoms with E-state index in [-0.39, 0.29) is 5.91 Å². The molecule has 2 heterocycles. The summed E-state index contributed by atoms with van der Waals surface area (Å²) >= 11 is 1.31. The van der Waals surface area contributed by atoms with Gasteiger partial charge in [-0.1, -0.05) is 11.3 Å². The van der Waals surface area contributed by atoms with E-state index in [1.54, 1.807) is 12.5 Å². The van der Waals surface area contributed by atoms with Gasteiger partial charge in [-0.05, 0) is 12.8 Å². The summed E-state index contributed by atoms with van der Waals surface area (Å²) in [6.45, 7) is 1.20. The molecule has 0 saturated heterocycles. The Morgan fingerprint density at radius 3 is 3.10 bits per heavy atom. The molecule has 0 bridgehead atoms. The van der Waals surface area contributed by atoms with Crippen LogP contribution in [-0.4, -0.2) is 33.0 Å². The molecule has 8 heteroatoms. The molecule has 1 aliphatic carbocycles. The lowest BCUT2D eigenvalue weighted by Crippen LogP contribution is -2.26. The number of nitrogens with one attached hydrogen (secondary N) is 2. The molecule has 0 aliphatic heterocycles. The summed E-state index contributed by atoms with van der Waals surface area (Å²) in [4.78, 5) is 20.6. The number of thiazole rings is 1. The first-order chi connectivity index (χ1) is 9.72. The van der Waals surface area contributed by atoms with Crippen molar-refractivity contribution in [1.29, 1.82) is 0 Å². The van der Waals surface area contributed by atoms with Crippen LogP contribution in [0.4, 0.5) is 10.9 Å². The van der Waals surface area contributed by atoms with Crippen LogP contribution in [0.1, 0.15) is 22.5 Å². The van der Waals surface area contributed by atoms with Gasteiger partial charge in [0.1, 0.15) is 10.7 Å². The summed E-state index contributed by atoms with van der Waals surface area (Å²) in [5.74, 6) is 0.113. The van der Waals surface area contributed by atoms with Crippen LogP contribution in [0, 0.1) is 0 Å². The van der Waals surface area contributed by atoms with Gasteiger partial charge in [-0.2, -0.15) is 0 Å². The molecule has 7 nitrogen and oxygen atoms in total. The van der Waals surface area contributed by atoms with E-state index in [1.165, 1.54) is 11.3 Å². The summed E-state index contributed by atoms with van der Waals surface area (Å²) in [5.41, 5.74) is 5.79. The van der Waals surface area contributed by atoms with Crippen molar-refractivity contribution in [3.05, 3.63) is 23.6 Å². The normalized spacial score (nSPS) is 14.2. The molecule has 1 amide bonds. The van der Waals surface area contributed by atoms with E-state index in [9.17, 15) is 4.79 Å². The fourth-order valence-corrected chi connectivity index (χ4v) is 2.63. The molecule has 0 radical (unpaired) electrons. The second kappa shape index (κ2) is 5.49. The molecule has 2 aromatic heterocycles. The second-order valence-electron chi connectivity index (χ2n) is 4.71. The summed E-state index contributed by atoms with van der Waals surface area (Å²) in [5, 5.41) is 6.81. The van der Waals surface area contributed by atoms with Gasteiger partial charge in [0.15, 0.2) is 5.13 Å².